The van der Waals surface area contributed by atoms with Crippen molar-refractivity contribution < 1.29 is 19.4 Å². The van der Waals surface area contributed by atoms with Crippen LogP contribution in [0.15, 0.2) is 5.11 Å². The first-order chi connectivity index (χ1) is 15.7. The van der Waals surface area contributed by atoms with E-state index >= 15 is 0 Å². The normalized spacial score (nSPS) is 42.8. The lowest BCUT2D eigenvalue weighted by Gasteiger charge is -2.61. The first-order valence-electron chi connectivity index (χ1n) is 13.1. The van der Waals surface area contributed by atoms with Crippen molar-refractivity contribution in [2.24, 2.45) is 51.5 Å². The van der Waals surface area contributed by atoms with Gasteiger partial charge < -0.3 is 9.84 Å². The van der Waals surface area contributed by atoms with Crippen LogP contribution in [0.2, 0.25) is 0 Å². The Morgan fingerprint density at radius 3 is 2.55 bits per heavy atom. The van der Waals surface area contributed by atoms with Crippen LogP contribution in [-0.2, 0) is 14.3 Å². The van der Waals surface area contributed by atoms with Crippen LogP contribution in [0.5, 0.6) is 0 Å². The van der Waals surface area contributed by atoms with Gasteiger partial charge in [-0.2, -0.15) is 0 Å². The summed E-state index contributed by atoms with van der Waals surface area (Å²) in [4.78, 5) is 25.7. The third kappa shape index (κ3) is 4.50. The molecule has 7 heteroatoms. The molecule has 4 fully saturated rings. The number of fused-ring (bicyclic) bond motifs is 5. The Hall–Kier alpha value is -1.75. The van der Waals surface area contributed by atoms with Gasteiger partial charge in [0.25, 0.3) is 0 Å². The third-order valence-corrected chi connectivity index (χ3v) is 10.8. The Balaban J connectivity index is 1.42. The topological polar surface area (TPSA) is 112 Å². The molecule has 1 N–H and O–H groups in total. The zero-order chi connectivity index (χ0) is 23.8. The van der Waals surface area contributed by atoms with Crippen LogP contribution in [-0.4, -0.2) is 29.7 Å². The zero-order valence-electron chi connectivity index (χ0n) is 20.5. The highest BCUT2D eigenvalue weighted by Gasteiger charge is 2.60. The van der Waals surface area contributed by atoms with Gasteiger partial charge in [-0.3, -0.25) is 9.59 Å². The smallest absolute Gasteiger partial charge is 0.311 e. The van der Waals surface area contributed by atoms with Gasteiger partial charge in [0.1, 0.15) is 12.6 Å². The second-order valence-corrected chi connectivity index (χ2v) is 12.1. The van der Waals surface area contributed by atoms with E-state index in [0.29, 0.717) is 35.0 Å². The number of aliphatic carboxylic acids is 1. The monoisotopic (exact) mass is 459 g/mol. The maximum Gasteiger partial charge on any atom is 0.311 e. The molecule has 0 spiro atoms. The standard InChI is InChI=1S/C26H41N3O4/c1-16(4-9-23(30)31)20-7-8-21-19-6-5-17-14-18(33-24(32)15-28-29-27)10-12-25(17,2)22(19)11-13-26(20,21)3/h16-22H,4-15H2,1-3H3,(H,30,31)/t16-,17?,18-,19+,20?,21+,22?,25?,26?/m1/s1. The van der Waals surface area contributed by atoms with Crippen molar-refractivity contribution >= 4 is 11.9 Å². The van der Waals surface area contributed by atoms with E-state index in [4.69, 9.17) is 15.4 Å². The first kappa shape index (κ1) is 24.4. The van der Waals surface area contributed by atoms with Crippen LogP contribution in [0.25, 0.3) is 10.4 Å². The van der Waals surface area contributed by atoms with E-state index in [2.05, 4.69) is 30.8 Å². The van der Waals surface area contributed by atoms with Crippen molar-refractivity contribution in [3.05, 3.63) is 10.4 Å². The highest BCUT2D eigenvalue weighted by atomic mass is 16.5. The number of hydrogen-bond acceptors (Lipinski definition) is 4. The van der Waals surface area contributed by atoms with Gasteiger partial charge in [0, 0.05) is 11.3 Å². The fraction of sp³-hybridized carbons (Fsp3) is 0.923. The van der Waals surface area contributed by atoms with Gasteiger partial charge in [0.15, 0.2) is 0 Å². The Kier molecular flexibility index (Phi) is 7.00. The summed E-state index contributed by atoms with van der Waals surface area (Å²) in [5, 5.41) is 12.5. The maximum atomic E-state index is 11.9. The number of hydrogen-bond donors (Lipinski definition) is 1. The lowest BCUT2D eigenvalue weighted by molar-refractivity contribution is -0.161. The molecule has 0 aromatic carbocycles. The van der Waals surface area contributed by atoms with Crippen molar-refractivity contribution in [3.63, 3.8) is 0 Å². The number of esters is 1. The Morgan fingerprint density at radius 2 is 1.82 bits per heavy atom. The maximum absolute atomic E-state index is 11.9. The quantitative estimate of drug-likeness (QED) is 0.206. The molecule has 4 aliphatic rings. The molecular weight excluding hydrogens is 418 g/mol. The van der Waals surface area contributed by atoms with Gasteiger partial charge in [0.2, 0.25) is 0 Å². The Bertz CT molecular complexity index is 811. The Morgan fingerprint density at radius 1 is 1.09 bits per heavy atom. The van der Waals surface area contributed by atoms with Gasteiger partial charge in [0.05, 0.1) is 0 Å². The molecule has 7 nitrogen and oxygen atoms in total. The molecule has 4 saturated carbocycles. The van der Waals surface area contributed by atoms with Crippen molar-refractivity contribution in [3.8, 4) is 0 Å². The van der Waals surface area contributed by atoms with Crippen LogP contribution in [0, 0.1) is 46.3 Å². The minimum atomic E-state index is -0.671. The molecule has 0 aromatic rings. The number of rotatable bonds is 7. The first-order valence-corrected chi connectivity index (χ1v) is 13.1. The fourth-order valence-electron chi connectivity index (χ4n) is 9.17. The van der Waals surface area contributed by atoms with Crippen molar-refractivity contribution in [1.29, 1.82) is 0 Å². The molecule has 0 aliphatic heterocycles. The third-order valence-electron chi connectivity index (χ3n) is 10.8. The van der Waals surface area contributed by atoms with Gasteiger partial charge in [-0.25, -0.2) is 0 Å². The van der Waals surface area contributed by atoms with Gasteiger partial charge in [-0.05, 0) is 116 Å². The largest absolute Gasteiger partial charge is 0.481 e. The lowest BCUT2D eigenvalue weighted by atomic mass is 9.44. The van der Waals surface area contributed by atoms with E-state index in [-0.39, 0.29) is 12.6 Å². The summed E-state index contributed by atoms with van der Waals surface area (Å²) in [6, 6.07) is 0. The van der Waals surface area contributed by atoms with Crippen LogP contribution < -0.4 is 0 Å². The molecule has 0 bridgehead atoms. The number of nitrogens with zero attached hydrogens (tertiary/aromatic N) is 3. The second-order valence-electron chi connectivity index (χ2n) is 12.1. The molecule has 9 atom stereocenters. The number of carbonyl (C=O) groups excluding carboxylic acids is 1. The molecule has 0 aromatic heterocycles. The molecule has 0 heterocycles. The number of carbonyl (C=O) groups is 2. The van der Waals surface area contributed by atoms with Crippen molar-refractivity contribution in [1.82, 2.24) is 0 Å². The van der Waals surface area contributed by atoms with E-state index in [0.717, 1.165) is 43.4 Å². The average Bonchev–Trinajstić information content (AvgIpc) is 3.13. The highest BCUT2D eigenvalue weighted by Crippen LogP contribution is 2.68. The second kappa shape index (κ2) is 9.48. The molecule has 4 aliphatic carbocycles. The molecule has 5 unspecified atom stereocenters. The van der Waals surface area contributed by atoms with Crippen LogP contribution in [0.1, 0.15) is 91.4 Å². The van der Waals surface area contributed by atoms with E-state index < -0.39 is 11.9 Å². The van der Waals surface area contributed by atoms with Crippen LogP contribution in [0.3, 0.4) is 0 Å². The molecule has 184 valence electrons. The minimum Gasteiger partial charge on any atom is -0.481 e. The number of azide groups is 1. The summed E-state index contributed by atoms with van der Waals surface area (Å²) >= 11 is 0. The predicted molar refractivity (Wildman–Crippen MR) is 125 cm³/mol. The molecule has 33 heavy (non-hydrogen) atoms. The number of carboxylic acids is 1. The van der Waals surface area contributed by atoms with Gasteiger partial charge >= 0.3 is 11.9 Å². The highest BCUT2D eigenvalue weighted by molar-refractivity contribution is 5.72. The summed E-state index contributed by atoms with van der Waals surface area (Å²) in [6.45, 7) is 7.11. The zero-order valence-corrected chi connectivity index (χ0v) is 20.5. The minimum absolute atomic E-state index is 0.0409. The summed E-state index contributed by atoms with van der Waals surface area (Å²) < 4.78 is 5.64. The Labute approximate surface area is 197 Å². The number of ether oxygens (including phenoxy) is 1. The summed E-state index contributed by atoms with van der Waals surface area (Å²) in [6.07, 6.45) is 11.6. The van der Waals surface area contributed by atoms with E-state index in [9.17, 15) is 9.59 Å². The van der Waals surface area contributed by atoms with Crippen LogP contribution >= 0.6 is 0 Å². The lowest BCUT2D eigenvalue weighted by Crippen LogP contribution is -2.54. The van der Waals surface area contributed by atoms with E-state index in [1.54, 1.807) is 0 Å². The molecular formula is C26H41N3O4. The van der Waals surface area contributed by atoms with Crippen LogP contribution in [0.4, 0.5) is 0 Å². The summed E-state index contributed by atoms with van der Waals surface area (Å²) in [5.74, 6) is 2.96. The predicted octanol–water partition coefficient (Wildman–Crippen LogP) is 6.37. The molecule has 0 saturated heterocycles. The SMILES string of the molecule is C[C@H](CCC(=O)O)C1CC[C@H]2[C@@H]3CCC4C[C@H](OC(=O)CN=[N+]=[N-])CCC4(C)C3CCC12C. The van der Waals surface area contributed by atoms with E-state index in [1.807, 2.05) is 0 Å². The van der Waals surface area contributed by atoms with Crippen molar-refractivity contribution in [2.45, 2.75) is 97.5 Å². The van der Waals surface area contributed by atoms with Crippen molar-refractivity contribution in [2.75, 3.05) is 6.54 Å². The summed E-state index contributed by atoms with van der Waals surface area (Å²) in [5.41, 5.74) is 9.11. The number of carboxylic acid groups (broad SMARTS) is 1. The van der Waals surface area contributed by atoms with E-state index in [1.165, 1.54) is 38.5 Å². The molecule has 0 amide bonds. The molecule has 4 rings (SSSR count). The fourth-order valence-corrected chi connectivity index (χ4v) is 9.17. The van der Waals surface area contributed by atoms with Gasteiger partial charge in [-0.1, -0.05) is 25.9 Å². The molecule has 0 radical (unpaired) electrons. The average molecular weight is 460 g/mol. The summed E-state index contributed by atoms with van der Waals surface area (Å²) in [7, 11) is 0. The van der Waals surface area contributed by atoms with Gasteiger partial charge in [-0.15, -0.1) is 0 Å².